The van der Waals surface area contributed by atoms with Gasteiger partial charge >= 0.3 is 0 Å². The lowest BCUT2D eigenvalue weighted by Gasteiger charge is -2.12. The fraction of sp³-hybridized carbons (Fsp3) is 0.231. The van der Waals surface area contributed by atoms with Crippen molar-refractivity contribution in [3.05, 3.63) is 77.0 Å². The zero-order valence-corrected chi connectivity index (χ0v) is 18.9. The predicted molar refractivity (Wildman–Crippen MR) is 128 cm³/mol. The third-order valence-electron chi connectivity index (χ3n) is 5.43. The number of nitrogens with zero attached hydrogens (tertiary/aromatic N) is 4. The topological polar surface area (TPSA) is 92.8 Å². The Balaban J connectivity index is 1.56. The highest BCUT2D eigenvalue weighted by molar-refractivity contribution is 5.92. The van der Waals surface area contributed by atoms with Crippen molar-refractivity contribution in [2.24, 2.45) is 0 Å². The summed E-state index contributed by atoms with van der Waals surface area (Å²) in [7, 11) is 0. The molecule has 7 nitrogen and oxygen atoms in total. The van der Waals surface area contributed by atoms with Crippen LogP contribution in [0.1, 0.15) is 35.6 Å². The van der Waals surface area contributed by atoms with E-state index in [0.29, 0.717) is 11.6 Å². The van der Waals surface area contributed by atoms with Gasteiger partial charge in [0.25, 0.3) is 5.91 Å². The molecule has 1 amide bonds. The van der Waals surface area contributed by atoms with E-state index in [2.05, 4.69) is 23.4 Å². The predicted octanol–water partition coefficient (Wildman–Crippen LogP) is 4.88. The molecule has 7 heteroatoms. The SMILES string of the molecule is CCCc1ccc(OCC(=O)Nc2c(C#N)cnn2-c2cc(C)c3cccc(C)c3n2)cc1. The Morgan fingerprint density at radius 1 is 1.15 bits per heavy atom. The van der Waals surface area contributed by atoms with Crippen LogP contribution in [0.25, 0.3) is 16.7 Å². The lowest BCUT2D eigenvalue weighted by Crippen LogP contribution is -2.22. The van der Waals surface area contributed by atoms with Gasteiger partial charge in [0.2, 0.25) is 0 Å². The largest absolute Gasteiger partial charge is 0.484 e. The summed E-state index contributed by atoms with van der Waals surface area (Å²) in [4.78, 5) is 17.4. The fourth-order valence-corrected chi connectivity index (χ4v) is 3.73. The molecule has 0 aliphatic rings. The normalized spacial score (nSPS) is 10.7. The van der Waals surface area contributed by atoms with Crippen LogP contribution in [0.4, 0.5) is 5.82 Å². The number of nitriles is 1. The number of fused-ring (bicyclic) bond motifs is 1. The molecule has 166 valence electrons. The standard InChI is InChI=1S/C26H25N5O2/c1-4-6-19-9-11-21(12-10-19)33-16-24(32)30-26-20(14-27)15-28-31(26)23-13-18(3)22-8-5-7-17(2)25(22)29-23/h5,7-13,15H,4,6,16H2,1-3H3,(H,30,32). The third-order valence-corrected chi connectivity index (χ3v) is 5.43. The van der Waals surface area contributed by atoms with E-state index in [0.717, 1.165) is 34.9 Å². The first kappa shape index (κ1) is 22.0. The highest BCUT2D eigenvalue weighted by Gasteiger charge is 2.17. The molecule has 0 spiro atoms. The molecule has 1 N–H and O–H groups in total. The van der Waals surface area contributed by atoms with Crippen molar-refractivity contribution in [1.82, 2.24) is 14.8 Å². The molecular weight excluding hydrogens is 414 g/mol. The van der Waals surface area contributed by atoms with Crippen LogP contribution < -0.4 is 10.1 Å². The number of carbonyl (C=O) groups is 1. The van der Waals surface area contributed by atoms with Crippen LogP contribution in [0.15, 0.2) is 54.7 Å². The summed E-state index contributed by atoms with van der Waals surface area (Å²) in [6, 6.07) is 17.7. The van der Waals surface area contributed by atoms with Gasteiger partial charge in [0.1, 0.15) is 17.4 Å². The molecule has 0 unspecified atom stereocenters. The van der Waals surface area contributed by atoms with Gasteiger partial charge in [-0.25, -0.2) is 4.98 Å². The number of rotatable bonds is 7. The van der Waals surface area contributed by atoms with Gasteiger partial charge in [-0.05, 0) is 55.2 Å². The number of aryl methyl sites for hydroxylation is 3. The molecule has 0 bridgehead atoms. The molecule has 4 rings (SSSR count). The second-order valence-electron chi connectivity index (χ2n) is 7.93. The van der Waals surface area contributed by atoms with E-state index in [1.807, 2.05) is 62.4 Å². The van der Waals surface area contributed by atoms with Crippen molar-refractivity contribution < 1.29 is 9.53 Å². The summed E-state index contributed by atoms with van der Waals surface area (Å²) in [5.41, 5.74) is 4.39. The number of benzene rings is 2. The maximum Gasteiger partial charge on any atom is 0.263 e. The summed E-state index contributed by atoms with van der Waals surface area (Å²) >= 11 is 0. The third kappa shape index (κ3) is 4.70. The van der Waals surface area contributed by atoms with Crippen LogP contribution in [-0.4, -0.2) is 27.3 Å². The smallest absolute Gasteiger partial charge is 0.263 e. The van der Waals surface area contributed by atoms with Gasteiger partial charge in [-0.1, -0.05) is 43.7 Å². The Bertz CT molecular complexity index is 1350. The molecule has 0 aliphatic carbocycles. The Morgan fingerprint density at radius 3 is 2.67 bits per heavy atom. The zero-order valence-electron chi connectivity index (χ0n) is 18.9. The average molecular weight is 440 g/mol. The van der Waals surface area contributed by atoms with E-state index < -0.39 is 0 Å². The number of ether oxygens (including phenoxy) is 1. The molecule has 2 aromatic heterocycles. The minimum Gasteiger partial charge on any atom is -0.484 e. The molecule has 0 atom stereocenters. The number of carbonyl (C=O) groups excluding carboxylic acids is 1. The zero-order chi connectivity index (χ0) is 23.4. The molecule has 0 radical (unpaired) electrons. The van der Waals surface area contributed by atoms with Crippen LogP contribution in [0.5, 0.6) is 5.75 Å². The molecule has 4 aromatic rings. The highest BCUT2D eigenvalue weighted by Crippen LogP contribution is 2.25. The van der Waals surface area contributed by atoms with Crippen LogP contribution in [0.3, 0.4) is 0 Å². The van der Waals surface area contributed by atoms with Gasteiger partial charge in [0, 0.05) is 5.39 Å². The summed E-state index contributed by atoms with van der Waals surface area (Å²) in [5, 5.41) is 17.7. The lowest BCUT2D eigenvalue weighted by atomic mass is 10.1. The van der Waals surface area contributed by atoms with E-state index >= 15 is 0 Å². The van der Waals surface area contributed by atoms with Crippen LogP contribution >= 0.6 is 0 Å². The molecular formula is C26H25N5O2. The van der Waals surface area contributed by atoms with Crippen molar-refractivity contribution in [2.75, 3.05) is 11.9 Å². The minimum atomic E-state index is -0.389. The van der Waals surface area contributed by atoms with Crippen molar-refractivity contribution >= 4 is 22.6 Å². The van der Waals surface area contributed by atoms with Gasteiger partial charge in [0.05, 0.1) is 11.7 Å². The number of anilines is 1. The molecule has 0 fully saturated rings. The van der Waals surface area contributed by atoms with Gasteiger partial charge < -0.3 is 10.1 Å². The number of hydrogen-bond acceptors (Lipinski definition) is 5. The second-order valence-corrected chi connectivity index (χ2v) is 7.93. The Labute approximate surface area is 192 Å². The molecule has 33 heavy (non-hydrogen) atoms. The molecule has 0 saturated heterocycles. The molecule has 2 aromatic carbocycles. The van der Waals surface area contributed by atoms with E-state index in [1.54, 1.807) is 0 Å². The monoisotopic (exact) mass is 439 g/mol. The first-order valence-electron chi connectivity index (χ1n) is 10.9. The first-order valence-corrected chi connectivity index (χ1v) is 10.9. The van der Waals surface area contributed by atoms with E-state index in [-0.39, 0.29) is 23.9 Å². The Hall–Kier alpha value is -4.18. The van der Waals surface area contributed by atoms with Crippen LogP contribution in [0, 0.1) is 25.2 Å². The average Bonchev–Trinajstić information content (AvgIpc) is 3.22. The summed E-state index contributed by atoms with van der Waals surface area (Å²) in [6.45, 7) is 5.94. The van der Waals surface area contributed by atoms with Crippen molar-refractivity contribution in [3.63, 3.8) is 0 Å². The van der Waals surface area contributed by atoms with Crippen molar-refractivity contribution in [3.8, 4) is 17.6 Å². The van der Waals surface area contributed by atoms with Gasteiger partial charge in [-0.2, -0.15) is 15.0 Å². The number of hydrogen-bond donors (Lipinski definition) is 1. The lowest BCUT2D eigenvalue weighted by molar-refractivity contribution is -0.118. The van der Waals surface area contributed by atoms with Gasteiger partial charge in [0.15, 0.2) is 18.2 Å². The number of aromatic nitrogens is 3. The summed E-state index contributed by atoms with van der Waals surface area (Å²) < 4.78 is 7.10. The maximum absolute atomic E-state index is 12.6. The second kappa shape index (κ2) is 9.53. The van der Waals surface area contributed by atoms with Gasteiger partial charge in [-0.15, -0.1) is 0 Å². The van der Waals surface area contributed by atoms with Gasteiger partial charge in [-0.3, -0.25) is 4.79 Å². The van der Waals surface area contributed by atoms with E-state index in [1.165, 1.54) is 16.4 Å². The highest BCUT2D eigenvalue weighted by atomic mass is 16.5. The van der Waals surface area contributed by atoms with Crippen molar-refractivity contribution in [1.29, 1.82) is 5.26 Å². The summed E-state index contributed by atoms with van der Waals surface area (Å²) in [6.07, 6.45) is 3.49. The van der Waals surface area contributed by atoms with Crippen molar-refractivity contribution in [2.45, 2.75) is 33.6 Å². The van der Waals surface area contributed by atoms with E-state index in [9.17, 15) is 10.1 Å². The number of nitrogens with one attached hydrogen (secondary N) is 1. The Kier molecular flexibility index (Phi) is 6.36. The number of amides is 1. The molecule has 0 saturated carbocycles. The van der Waals surface area contributed by atoms with E-state index in [4.69, 9.17) is 9.72 Å². The number of pyridine rings is 1. The first-order chi connectivity index (χ1) is 16.0. The van der Waals surface area contributed by atoms with Crippen LogP contribution in [-0.2, 0) is 11.2 Å². The van der Waals surface area contributed by atoms with Crippen LogP contribution in [0.2, 0.25) is 0 Å². The summed E-state index contributed by atoms with van der Waals surface area (Å²) in [5.74, 6) is 1.02. The quantitative estimate of drug-likeness (QED) is 0.443. The molecule has 2 heterocycles. The fourth-order valence-electron chi connectivity index (χ4n) is 3.73. The maximum atomic E-state index is 12.6. The Morgan fingerprint density at radius 2 is 1.94 bits per heavy atom. The number of para-hydroxylation sites is 1. The minimum absolute atomic E-state index is 0.188. The molecule has 0 aliphatic heterocycles.